The van der Waals surface area contributed by atoms with Gasteiger partial charge in [-0.15, -0.1) is 0 Å². The van der Waals surface area contributed by atoms with Crippen LogP contribution in [0.2, 0.25) is 5.15 Å². The van der Waals surface area contributed by atoms with Crippen LogP contribution in [0.15, 0.2) is 65.8 Å². The van der Waals surface area contributed by atoms with Crippen LogP contribution in [-0.2, 0) is 12.2 Å². The highest BCUT2D eigenvalue weighted by Crippen LogP contribution is 2.26. The van der Waals surface area contributed by atoms with Gasteiger partial charge in [0, 0.05) is 44.1 Å². The van der Waals surface area contributed by atoms with Gasteiger partial charge in [-0.25, -0.2) is 9.97 Å². The first-order valence-electron chi connectivity index (χ1n) is 12.3. The van der Waals surface area contributed by atoms with Crippen LogP contribution in [0.4, 0.5) is 5.82 Å². The average Bonchev–Trinajstić information content (AvgIpc) is 2.88. The monoisotopic (exact) mass is 508 g/mol. The molecule has 0 saturated carbocycles. The molecule has 1 saturated heterocycles. The van der Waals surface area contributed by atoms with E-state index in [-0.39, 0.29) is 5.91 Å². The van der Waals surface area contributed by atoms with Crippen molar-refractivity contribution >= 4 is 35.1 Å². The Hall–Kier alpha value is -2.57. The molecule has 1 amide bonds. The van der Waals surface area contributed by atoms with Gasteiger partial charge in [-0.1, -0.05) is 72.8 Å². The summed E-state index contributed by atoms with van der Waals surface area (Å²) >= 11 is 7.78. The van der Waals surface area contributed by atoms with Crippen molar-refractivity contribution in [2.75, 3.05) is 31.6 Å². The minimum Gasteiger partial charge on any atom is -0.360 e. The van der Waals surface area contributed by atoms with Gasteiger partial charge in [0.05, 0.1) is 0 Å². The van der Waals surface area contributed by atoms with E-state index < -0.39 is 0 Å². The van der Waals surface area contributed by atoms with E-state index in [0.29, 0.717) is 22.0 Å². The minimum atomic E-state index is 0.123. The number of piperidine rings is 1. The predicted octanol–water partition coefficient (Wildman–Crippen LogP) is 6.36. The highest BCUT2D eigenvalue weighted by molar-refractivity contribution is 7.98. The van der Waals surface area contributed by atoms with Crippen molar-refractivity contribution in [1.29, 1.82) is 0 Å². The second kappa shape index (κ2) is 12.4. The summed E-state index contributed by atoms with van der Waals surface area (Å²) in [5, 5.41) is 1.09. The molecule has 0 N–H and O–H groups in total. The first-order chi connectivity index (χ1) is 17.0. The van der Waals surface area contributed by atoms with Gasteiger partial charge in [0.1, 0.15) is 11.0 Å². The van der Waals surface area contributed by atoms with E-state index in [9.17, 15) is 4.79 Å². The molecule has 5 nitrogen and oxygen atoms in total. The number of thioether (sulfide) groups is 1. The van der Waals surface area contributed by atoms with Crippen molar-refractivity contribution in [3.8, 4) is 0 Å². The smallest absolute Gasteiger partial charge is 0.253 e. The van der Waals surface area contributed by atoms with E-state index >= 15 is 0 Å². The van der Waals surface area contributed by atoms with Crippen LogP contribution in [0.5, 0.6) is 0 Å². The normalized spacial score (nSPS) is 14.2. The minimum absolute atomic E-state index is 0.123. The Labute approximate surface area is 217 Å². The van der Waals surface area contributed by atoms with E-state index in [1.54, 1.807) is 6.07 Å². The van der Waals surface area contributed by atoms with Crippen LogP contribution < -0.4 is 4.90 Å². The zero-order valence-electron chi connectivity index (χ0n) is 20.5. The molecule has 0 unspecified atom stereocenters. The first kappa shape index (κ1) is 25.5. The molecule has 3 aromatic rings. The van der Waals surface area contributed by atoms with Gasteiger partial charge < -0.3 is 9.80 Å². The molecule has 35 heavy (non-hydrogen) atoms. The third kappa shape index (κ3) is 7.21. The fourth-order valence-corrected chi connectivity index (χ4v) is 5.53. The summed E-state index contributed by atoms with van der Waals surface area (Å²) in [6.07, 6.45) is 4.23. The molecular weight excluding hydrogens is 476 g/mol. The van der Waals surface area contributed by atoms with Crippen LogP contribution in [0, 0.1) is 5.92 Å². The SMILES string of the molecule is CCCN(C)c1cc(Cl)nc(SCc2cccc(C(=O)N3CCC(Cc4ccccc4)CC3)c2)n1. The number of carbonyl (C=O) groups excluding carboxylic acids is 1. The Morgan fingerprint density at radius 3 is 2.54 bits per heavy atom. The number of hydrogen-bond acceptors (Lipinski definition) is 5. The second-order valence-electron chi connectivity index (χ2n) is 9.17. The number of hydrogen-bond donors (Lipinski definition) is 0. The lowest BCUT2D eigenvalue weighted by atomic mass is 9.90. The topological polar surface area (TPSA) is 49.3 Å². The molecular formula is C28H33ClN4OS. The quantitative estimate of drug-likeness (QED) is 0.191. The number of amides is 1. The number of halogens is 1. The maximum Gasteiger partial charge on any atom is 0.253 e. The van der Waals surface area contributed by atoms with Gasteiger partial charge in [-0.05, 0) is 54.9 Å². The lowest BCUT2D eigenvalue weighted by Crippen LogP contribution is -2.38. The molecule has 0 radical (unpaired) electrons. The lowest BCUT2D eigenvalue weighted by molar-refractivity contribution is 0.0690. The van der Waals surface area contributed by atoms with Crippen molar-refractivity contribution in [3.05, 3.63) is 82.5 Å². The molecule has 1 fully saturated rings. The van der Waals surface area contributed by atoms with Gasteiger partial charge in [0.15, 0.2) is 5.16 Å². The summed E-state index contributed by atoms with van der Waals surface area (Å²) < 4.78 is 0. The third-order valence-electron chi connectivity index (χ3n) is 6.42. The van der Waals surface area contributed by atoms with Gasteiger partial charge in [0.2, 0.25) is 0 Å². The van der Waals surface area contributed by atoms with Crippen molar-refractivity contribution in [2.45, 2.75) is 43.5 Å². The summed E-state index contributed by atoms with van der Waals surface area (Å²) in [5.74, 6) is 2.27. The molecule has 1 aliphatic rings. The van der Waals surface area contributed by atoms with E-state index in [1.165, 1.54) is 17.3 Å². The van der Waals surface area contributed by atoms with Crippen molar-refractivity contribution < 1.29 is 4.79 Å². The molecule has 7 heteroatoms. The molecule has 2 heterocycles. The van der Waals surface area contributed by atoms with E-state index in [0.717, 1.165) is 62.3 Å². The van der Waals surface area contributed by atoms with E-state index in [1.807, 2.05) is 36.2 Å². The summed E-state index contributed by atoms with van der Waals surface area (Å²) in [6.45, 7) is 4.68. The molecule has 0 spiro atoms. The lowest BCUT2D eigenvalue weighted by Gasteiger charge is -2.32. The number of nitrogens with zero attached hydrogens (tertiary/aromatic N) is 4. The Morgan fingerprint density at radius 1 is 1.06 bits per heavy atom. The van der Waals surface area contributed by atoms with E-state index in [4.69, 9.17) is 11.6 Å². The standard InChI is InChI=1S/C28H33ClN4OS/c1-3-14-32(2)26-19-25(29)30-28(31-26)35-20-23-10-7-11-24(18-23)27(34)33-15-12-22(13-16-33)17-21-8-5-4-6-9-21/h4-11,18-19,22H,3,12-17,20H2,1-2H3. The zero-order valence-corrected chi connectivity index (χ0v) is 22.1. The Kier molecular flexibility index (Phi) is 9.05. The number of rotatable bonds is 9. The number of benzene rings is 2. The Balaban J connectivity index is 1.33. The number of likely N-dealkylation sites (tertiary alicyclic amines) is 1. The fraction of sp³-hybridized carbons (Fsp3) is 0.393. The van der Waals surface area contributed by atoms with Crippen LogP contribution in [0.3, 0.4) is 0 Å². The molecule has 4 rings (SSSR count). The third-order valence-corrected chi connectivity index (χ3v) is 7.53. The molecule has 2 aromatic carbocycles. The zero-order chi connectivity index (χ0) is 24.6. The molecule has 0 bridgehead atoms. The summed E-state index contributed by atoms with van der Waals surface area (Å²) in [6, 6.07) is 20.4. The highest BCUT2D eigenvalue weighted by Gasteiger charge is 2.24. The van der Waals surface area contributed by atoms with Crippen LogP contribution >= 0.6 is 23.4 Å². The van der Waals surface area contributed by atoms with Gasteiger partial charge >= 0.3 is 0 Å². The molecule has 0 aliphatic carbocycles. The number of carbonyl (C=O) groups is 1. The molecule has 1 aliphatic heterocycles. The summed E-state index contributed by atoms with van der Waals surface area (Å²) in [4.78, 5) is 26.3. The Bertz CT molecular complexity index is 1120. The highest BCUT2D eigenvalue weighted by atomic mass is 35.5. The van der Waals surface area contributed by atoms with Gasteiger partial charge in [-0.3, -0.25) is 4.79 Å². The summed E-state index contributed by atoms with van der Waals surface area (Å²) in [7, 11) is 2.01. The predicted molar refractivity (Wildman–Crippen MR) is 145 cm³/mol. The molecule has 1 aromatic heterocycles. The molecule has 0 atom stereocenters. The first-order valence-corrected chi connectivity index (χ1v) is 13.7. The average molecular weight is 509 g/mol. The number of anilines is 1. The summed E-state index contributed by atoms with van der Waals surface area (Å²) in [5.41, 5.74) is 3.21. The van der Waals surface area contributed by atoms with Crippen LogP contribution in [0.1, 0.15) is 47.7 Å². The maximum absolute atomic E-state index is 13.2. The number of aromatic nitrogens is 2. The largest absolute Gasteiger partial charge is 0.360 e. The molecule has 184 valence electrons. The van der Waals surface area contributed by atoms with Crippen LogP contribution in [0.25, 0.3) is 0 Å². The van der Waals surface area contributed by atoms with Crippen molar-refractivity contribution in [2.24, 2.45) is 5.92 Å². The van der Waals surface area contributed by atoms with Crippen LogP contribution in [-0.4, -0.2) is 47.5 Å². The Morgan fingerprint density at radius 2 is 1.80 bits per heavy atom. The fourth-order valence-electron chi connectivity index (χ4n) is 4.51. The maximum atomic E-state index is 13.2. The van der Waals surface area contributed by atoms with E-state index in [2.05, 4.69) is 52.1 Å². The van der Waals surface area contributed by atoms with Gasteiger partial charge in [-0.2, -0.15) is 0 Å². The van der Waals surface area contributed by atoms with Gasteiger partial charge in [0.25, 0.3) is 5.91 Å². The second-order valence-corrected chi connectivity index (χ2v) is 10.5. The van der Waals surface area contributed by atoms with Crippen molar-refractivity contribution in [3.63, 3.8) is 0 Å². The van der Waals surface area contributed by atoms with Crippen molar-refractivity contribution in [1.82, 2.24) is 14.9 Å².